The minimum atomic E-state index is -0.292. The summed E-state index contributed by atoms with van der Waals surface area (Å²) in [6.45, 7) is 8.73. The van der Waals surface area contributed by atoms with Crippen LogP contribution in [0.3, 0.4) is 0 Å². The number of hydrogen-bond donors (Lipinski definition) is 1. The van der Waals surface area contributed by atoms with E-state index in [1.807, 2.05) is 13.8 Å². The molecule has 0 spiro atoms. The molecule has 0 radical (unpaired) electrons. The van der Waals surface area contributed by atoms with Crippen LogP contribution in [0.5, 0.6) is 0 Å². The van der Waals surface area contributed by atoms with Crippen molar-refractivity contribution in [3.63, 3.8) is 0 Å². The summed E-state index contributed by atoms with van der Waals surface area (Å²) >= 11 is 0. The molecule has 1 aromatic rings. The number of carbonyl (C=O) groups is 1. The molecule has 0 bridgehead atoms. The second-order valence-corrected chi connectivity index (χ2v) is 4.54. The van der Waals surface area contributed by atoms with Gasteiger partial charge in [0.25, 0.3) is 0 Å². The zero-order chi connectivity index (χ0) is 12.1. The van der Waals surface area contributed by atoms with Gasteiger partial charge in [-0.3, -0.25) is 4.79 Å². The molecule has 1 rings (SSSR count). The number of amides is 1. The van der Waals surface area contributed by atoms with Crippen LogP contribution in [0.25, 0.3) is 0 Å². The third-order valence-electron chi connectivity index (χ3n) is 2.14. The summed E-state index contributed by atoms with van der Waals surface area (Å²) in [4.78, 5) is 11.6. The fourth-order valence-corrected chi connectivity index (χ4v) is 1.11. The molecule has 0 aliphatic carbocycles. The Hall–Kier alpha value is -1.39. The van der Waals surface area contributed by atoms with E-state index in [0.29, 0.717) is 18.4 Å². The van der Waals surface area contributed by atoms with Gasteiger partial charge in [0.05, 0.1) is 0 Å². The molecule has 0 atom stereocenters. The maximum absolute atomic E-state index is 11.6. The second kappa shape index (κ2) is 5.63. The van der Waals surface area contributed by atoms with Crippen LogP contribution in [0.1, 0.15) is 56.6 Å². The van der Waals surface area contributed by atoms with Crippen LogP contribution in [0.4, 0.5) is 0 Å². The molecule has 0 aromatic carbocycles. The number of aromatic nitrogens is 2. The van der Waals surface area contributed by atoms with Gasteiger partial charge in [0.15, 0.2) is 0 Å². The summed E-state index contributed by atoms with van der Waals surface area (Å²) < 4.78 is 5.23. The first-order valence-corrected chi connectivity index (χ1v) is 5.62. The molecule has 0 saturated heterocycles. The zero-order valence-corrected chi connectivity index (χ0v) is 10.3. The quantitative estimate of drug-likeness (QED) is 0.831. The second-order valence-electron chi connectivity index (χ2n) is 4.54. The summed E-state index contributed by atoms with van der Waals surface area (Å²) in [6, 6.07) is 0. The zero-order valence-electron chi connectivity index (χ0n) is 10.3. The van der Waals surface area contributed by atoms with Crippen molar-refractivity contribution < 1.29 is 9.21 Å². The van der Waals surface area contributed by atoms with E-state index in [-0.39, 0.29) is 17.7 Å². The summed E-state index contributed by atoms with van der Waals surface area (Å²) in [5, 5.41) is 10.3. The molecular weight excluding hydrogens is 206 g/mol. The van der Waals surface area contributed by atoms with Crippen LogP contribution >= 0.6 is 0 Å². The van der Waals surface area contributed by atoms with E-state index < -0.39 is 0 Å². The van der Waals surface area contributed by atoms with Gasteiger partial charge in [-0.1, -0.05) is 27.7 Å². The lowest BCUT2D eigenvalue weighted by Crippen LogP contribution is -2.25. The number of rotatable bonds is 5. The maximum atomic E-state index is 11.6. The average Bonchev–Trinajstić information content (AvgIpc) is 2.65. The number of nitrogens with zero attached hydrogens (tertiary/aromatic N) is 2. The first kappa shape index (κ1) is 12.7. The van der Waals surface area contributed by atoms with Gasteiger partial charge in [-0.25, -0.2) is 0 Å². The van der Waals surface area contributed by atoms with Gasteiger partial charge in [0, 0.05) is 12.5 Å². The predicted molar refractivity (Wildman–Crippen MR) is 60.2 cm³/mol. The van der Waals surface area contributed by atoms with Crippen LogP contribution in [0.2, 0.25) is 0 Å². The van der Waals surface area contributed by atoms with Crippen LogP contribution in [-0.4, -0.2) is 22.6 Å². The first-order valence-electron chi connectivity index (χ1n) is 5.62. The van der Waals surface area contributed by atoms with E-state index in [9.17, 15) is 4.79 Å². The molecule has 90 valence electrons. The molecule has 1 amide bonds. The van der Waals surface area contributed by atoms with Crippen molar-refractivity contribution >= 4 is 5.91 Å². The highest BCUT2D eigenvalue weighted by molar-refractivity contribution is 5.89. The van der Waals surface area contributed by atoms with Gasteiger partial charge in [-0.2, -0.15) is 0 Å². The van der Waals surface area contributed by atoms with Gasteiger partial charge in [-0.05, 0) is 12.3 Å². The Balaban J connectivity index is 2.46. The molecule has 1 aromatic heterocycles. The van der Waals surface area contributed by atoms with E-state index in [1.54, 1.807) is 0 Å². The predicted octanol–water partition coefficient (Wildman–Crippen LogP) is 1.97. The van der Waals surface area contributed by atoms with Crippen LogP contribution < -0.4 is 5.32 Å². The van der Waals surface area contributed by atoms with E-state index in [2.05, 4.69) is 29.4 Å². The Labute approximate surface area is 95.6 Å². The van der Waals surface area contributed by atoms with Crippen molar-refractivity contribution in [3.8, 4) is 0 Å². The molecular formula is C11H19N3O2. The molecule has 0 aliphatic heterocycles. The lowest BCUT2D eigenvalue weighted by molar-refractivity contribution is 0.0915. The maximum Gasteiger partial charge on any atom is 0.308 e. The van der Waals surface area contributed by atoms with Crippen molar-refractivity contribution in [3.05, 3.63) is 11.8 Å². The molecule has 5 nitrogen and oxygen atoms in total. The largest absolute Gasteiger partial charge is 0.417 e. The fraction of sp³-hybridized carbons (Fsp3) is 0.727. The molecule has 1 heterocycles. The number of nitrogens with one attached hydrogen (secondary N) is 1. The first-order chi connectivity index (χ1) is 7.50. The van der Waals surface area contributed by atoms with Gasteiger partial charge in [0.1, 0.15) is 0 Å². The van der Waals surface area contributed by atoms with Crippen LogP contribution in [0.15, 0.2) is 4.42 Å². The Kier molecular flexibility index (Phi) is 4.46. The highest BCUT2D eigenvalue weighted by Gasteiger charge is 2.15. The molecule has 0 unspecified atom stereocenters. The fourth-order valence-electron chi connectivity index (χ4n) is 1.11. The average molecular weight is 225 g/mol. The molecule has 0 aliphatic rings. The minimum Gasteiger partial charge on any atom is -0.417 e. The monoisotopic (exact) mass is 225 g/mol. The van der Waals surface area contributed by atoms with E-state index in [4.69, 9.17) is 4.42 Å². The van der Waals surface area contributed by atoms with Crippen molar-refractivity contribution in [1.82, 2.24) is 15.5 Å². The third-order valence-corrected chi connectivity index (χ3v) is 2.14. The van der Waals surface area contributed by atoms with Gasteiger partial charge >= 0.3 is 11.8 Å². The van der Waals surface area contributed by atoms with Gasteiger partial charge < -0.3 is 9.73 Å². The SMILES string of the molecule is CC(C)CCNC(=O)c1nnc(C(C)C)o1. The smallest absolute Gasteiger partial charge is 0.308 e. The highest BCUT2D eigenvalue weighted by Crippen LogP contribution is 2.11. The summed E-state index contributed by atoms with van der Waals surface area (Å²) in [7, 11) is 0. The lowest BCUT2D eigenvalue weighted by atomic mass is 10.1. The van der Waals surface area contributed by atoms with Crippen LogP contribution in [0, 0.1) is 5.92 Å². The van der Waals surface area contributed by atoms with Crippen LogP contribution in [-0.2, 0) is 0 Å². The molecule has 1 N–H and O–H groups in total. The van der Waals surface area contributed by atoms with Gasteiger partial charge in [-0.15, -0.1) is 10.2 Å². The molecule has 5 heteroatoms. The number of carbonyl (C=O) groups excluding carboxylic acids is 1. The Morgan fingerprint density at radius 2 is 2.00 bits per heavy atom. The Morgan fingerprint density at radius 1 is 1.31 bits per heavy atom. The Morgan fingerprint density at radius 3 is 2.50 bits per heavy atom. The number of hydrogen-bond acceptors (Lipinski definition) is 4. The Bertz CT molecular complexity index is 345. The molecule has 16 heavy (non-hydrogen) atoms. The van der Waals surface area contributed by atoms with Crippen molar-refractivity contribution in [2.45, 2.75) is 40.0 Å². The summed E-state index contributed by atoms with van der Waals surface area (Å²) in [5.41, 5.74) is 0. The third kappa shape index (κ3) is 3.64. The molecule has 0 saturated carbocycles. The topological polar surface area (TPSA) is 68.0 Å². The van der Waals surface area contributed by atoms with E-state index in [1.165, 1.54) is 0 Å². The molecule has 0 fully saturated rings. The van der Waals surface area contributed by atoms with E-state index in [0.717, 1.165) is 6.42 Å². The van der Waals surface area contributed by atoms with Crippen molar-refractivity contribution in [1.29, 1.82) is 0 Å². The minimum absolute atomic E-state index is 0.0486. The van der Waals surface area contributed by atoms with E-state index >= 15 is 0 Å². The summed E-state index contributed by atoms with van der Waals surface area (Å²) in [6.07, 6.45) is 0.941. The normalized spacial score (nSPS) is 11.1. The van der Waals surface area contributed by atoms with Crippen molar-refractivity contribution in [2.75, 3.05) is 6.54 Å². The summed E-state index contributed by atoms with van der Waals surface area (Å²) in [5.74, 6) is 0.959. The van der Waals surface area contributed by atoms with Gasteiger partial charge in [0.2, 0.25) is 5.89 Å². The lowest BCUT2D eigenvalue weighted by Gasteiger charge is -2.04. The van der Waals surface area contributed by atoms with Crippen molar-refractivity contribution in [2.24, 2.45) is 5.92 Å². The highest BCUT2D eigenvalue weighted by atomic mass is 16.4. The standard InChI is InChI=1S/C11H19N3O2/c1-7(2)5-6-12-9(15)11-14-13-10(16-11)8(3)4/h7-8H,5-6H2,1-4H3,(H,12,15).